The summed E-state index contributed by atoms with van der Waals surface area (Å²) >= 11 is 28.9. The van der Waals surface area contributed by atoms with Crippen LogP contribution in [0.25, 0.3) is 0 Å². The quantitative estimate of drug-likeness (QED) is 0.434. The van der Waals surface area contributed by atoms with Crippen molar-refractivity contribution in [3.8, 4) is 0 Å². The zero-order chi connectivity index (χ0) is 18.6. The lowest BCUT2D eigenvalue weighted by Gasteiger charge is -2.13. The Morgan fingerprint density at radius 3 is 0.957 bits per heavy atom. The van der Waals surface area contributed by atoms with Gasteiger partial charge in [0.2, 0.25) is 0 Å². The first kappa shape index (κ1) is 22.8. The Balaban J connectivity index is 0.000000515. The van der Waals surface area contributed by atoms with Crippen LogP contribution >= 0.6 is 69.6 Å². The van der Waals surface area contributed by atoms with Crippen LogP contribution in [0.1, 0.15) is 31.1 Å². The topological polar surface area (TPSA) is 51.2 Å². The van der Waals surface area contributed by atoms with Crippen LogP contribution in [-0.2, 0) is 0 Å². The van der Waals surface area contributed by atoms with Gasteiger partial charge in [0.1, 0.15) is 0 Å². The highest BCUT2D eigenvalue weighted by Gasteiger charge is 2.51. The minimum absolute atomic E-state index is 0.00725. The maximum atomic E-state index is 11.2. The number of halogens is 9. The summed E-state index contributed by atoms with van der Waals surface area (Å²) in [7, 11) is 0. The zero-order valence-electron chi connectivity index (χ0n) is 10.4. The SMILES string of the molecule is FC(F)(F)C(Cl)(Cl)Cl.O=C(Cl)c1cc(C(=O)Cl)cc(C(=O)Cl)c1. The molecular weight excluding hydrogens is 450 g/mol. The van der Waals surface area contributed by atoms with Gasteiger partial charge < -0.3 is 0 Å². The smallest absolute Gasteiger partial charge is 0.276 e. The van der Waals surface area contributed by atoms with Crippen molar-refractivity contribution in [2.45, 2.75) is 9.97 Å². The molecule has 0 atom stereocenters. The minimum atomic E-state index is -4.77. The van der Waals surface area contributed by atoms with E-state index in [9.17, 15) is 27.6 Å². The second-order valence-corrected chi connectivity index (χ2v) is 6.93. The number of hydrogen-bond donors (Lipinski definition) is 0. The summed E-state index contributed by atoms with van der Waals surface area (Å²) in [5.41, 5.74) is -0.0218. The van der Waals surface area contributed by atoms with E-state index in [-0.39, 0.29) is 16.7 Å². The van der Waals surface area contributed by atoms with Gasteiger partial charge in [-0.3, -0.25) is 14.4 Å². The van der Waals surface area contributed by atoms with Crippen LogP contribution in [0.4, 0.5) is 13.2 Å². The first-order valence-corrected chi connectivity index (χ1v) is 7.31. The molecule has 0 aliphatic heterocycles. The van der Waals surface area contributed by atoms with Gasteiger partial charge in [-0.05, 0) is 53.0 Å². The molecule has 1 aromatic carbocycles. The monoisotopic (exact) mass is 450 g/mol. The van der Waals surface area contributed by atoms with Gasteiger partial charge in [-0.15, -0.1) is 0 Å². The van der Waals surface area contributed by atoms with Crippen LogP contribution in [0.3, 0.4) is 0 Å². The van der Waals surface area contributed by atoms with Gasteiger partial charge in [0.15, 0.2) is 0 Å². The Morgan fingerprint density at radius 2 is 0.870 bits per heavy atom. The van der Waals surface area contributed by atoms with Crippen molar-refractivity contribution in [2.24, 2.45) is 0 Å². The van der Waals surface area contributed by atoms with Crippen molar-refractivity contribution in [1.29, 1.82) is 0 Å². The molecule has 0 aromatic heterocycles. The molecular formula is C11H3Cl6F3O3. The Morgan fingerprint density at radius 1 is 0.696 bits per heavy atom. The second-order valence-electron chi connectivity index (χ2n) is 3.62. The van der Waals surface area contributed by atoms with E-state index in [0.29, 0.717) is 0 Å². The maximum absolute atomic E-state index is 11.2. The molecule has 1 rings (SSSR count). The molecule has 0 heterocycles. The van der Waals surface area contributed by atoms with Crippen LogP contribution in [0, 0.1) is 0 Å². The van der Waals surface area contributed by atoms with E-state index in [4.69, 9.17) is 34.8 Å². The van der Waals surface area contributed by atoms with Gasteiger partial charge in [0.05, 0.1) is 0 Å². The van der Waals surface area contributed by atoms with Crippen molar-refractivity contribution >= 4 is 85.3 Å². The molecule has 23 heavy (non-hydrogen) atoms. The molecule has 1 aromatic rings. The molecule has 12 heteroatoms. The molecule has 0 N–H and O–H groups in total. The summed E-state index contributed by atoms with van der Waals surface area (Å²) in [5, 5.41) is -2.39. The van der Waals surface area contributed by atoms with Gasteiger partial charge in [-0.1, -0.05) is 34.8 Å². The fourth-order valence-electron chi connectivity index (χ4n) is 0.968. The molecule has 0 aliphatic carbocycles. The first-order valence-electron chi connectivity index (χ1n) is 5.05. The van der Waals surface area contributed by atoms with Gasteiger partial charge in [0.25, 0.3) is 19.5 Å². The first-order chi connectivity index (χ1) is 10.2. The van der Waals surface area contributed by atoms with Crippen molar-refractivity contribution < 1.29 is 27.6 Å². The molecule has 0 spiro atoms. The van der Waals surface area contributed by atoms with Crippen LogP contribution in [0.2, 0.25) is 0 Å². The molecule has 3 nitrogen and oxygen atoms in total. The van der Waals surface area contributed by atoms with Gasteiger partial charge >= 0.3 is 6.18 Å². The van der Waals surface area contributed by atoms with E-state index in [0.717, 1.165) is 0 Å². The van der Waals surface area contributed by atoms with Crippen molar-refractivity contribution in [3.05, 3.63) is 34.9 Å². The summed E-state index contributed by atoms with van der Waals surface area (Å²) in [6, 6.07) is 3.57. The van der Waals surface area contributed by atoms with Crippen LogP contribution in [-0.4, -0.2) is 25.7 Å². The van der Waals surface area contributed by atoms with Gasteiger partial charge in [-0.25, -0.2) is 0 Å². The number of rotatable bonds is 3. The third kappa shape index (κ3) is 7.92. The molecule has 0 fully saturated rings. The fourth-order valence-corrected chi connectivity index (χ4v) is 1.30. The van der Waals surface area contributed by atoms with E-state index >= 15 is 0 Å². The number of hydrogen-bond acceptors (Lipinski definition) is 3. The number of alkyl halides is 6. The molecule has 0 aliphatic rings. The average Bonchev–Trinajstić information content (AvgIpc) is 2.36. The number of carbonyl (C=O) groups is 3. The Hall–Kier alpha value is -0.240. The van der Waals surface area contributed by atoms with Crippen LogP contribution in [0.15, 0.2) is 18.2 Å². The highest BCUT2D eigenvalue weighted by Crippen LogP contribution is 2.42. The van der Waals surface area contributed by atoms with E-state index in [2.05, 4.69) is 34.8 Å². The Kier molecular flexibility index (Phi) is 8.65. The summed E-state index contributed by atoms with van der Waals surface area (Å²) in [4.78, 5) is 32.6. The maximum Gasteiger partial charge on any atom is 0.435 e. The fraction of sp³-hybridized carbons (Fsp3) is 0.182. The highest BCUT2D eigenvalue weighted by molar-refractivity contribution is 6.70. The lowest BCUT2D eigenvalue weighted by atomic mass is 10.1. The largest absolute Gasteiger partial charge is 0.435 e. The van der Waals surface area contributed by atoms with E-state index in [1.54, 1.807) is 0 Å². The molecule has 0 unspecified atom stereocenters. The van der Waals surface area contributed by atoms with E-state index < -0.39 is 25.7 Å². The third-order valence-corrected chi connectivity index (χ3v) is 3.23. The molecule has 0 bridgehead atoms. The van der Waals surface area contributed by atoms with E-state index in [1.165, 1.54) is 18.2 Å². The van der Waals surface area contributed by atoms with Crippen molar-refractivity contribution in [2.75, 3.05) is 0 Å². The third-order valence-electron chi connectivity index (χ3n) is 1.94. The summed E-state index contributed by atoms with van der Waals surface area (Å²) in [6.07, 6.45) is -4.77. The normalized spacial score (nSPS) is 11.3. The average molecular weight is 453 g/mol. The second kappa shape index (κ2) is 8.74. The molecule has 128 valence electrons. The van der Waals surface area contributed by atoms with Crippen molar-refractivity contribution in [3.63, 3.8) is 0 Å². The molecule has 0 saturated heterocycles. The van der Waals surface area contributed by atoms with Crippen molar-refractivity contribution in [1.82, 2.24) is 0 Å². The number of carbonyl (C=O) groups excluding carboxylic acids is 3. The molecule has 0 saturated carbocycles. The van der Waals surface area contributed by atoms with Gasteiger partial charge in [0, 0.05) is 16.7 Å². The highest BCUT2D eigenvalue weighted by atomic mass is 35.6. The van der Waals surface area contributed by atoms with E-state index in [1.807, 2.05) is 0 Å². The number of benzene rings is 1. The standard InChI is InChI=1S/C9H3Cl3O3.C2Cl3F3/c10-7(13)4-1-5(8(11)14)3-6(2-4)9(12)15;3-1(4,5)2(6,7)8/h1-3H;. The lowest BCUT2D eigenvalue weighted by molar-refractivity contribution is -0.124. The predicted octanol–water partition coefficient (Wildman–Crippen LogP) is 5.74. The minimum Gasteiger partial charge on any atom is -0.276 e. The zero-order valence-corrected chi connectivity index (χ0v) is 14.9. The Labute approximate surface area is 157 Å². The van der Waals surface area contributed by atoms with Crippen LogP contribution in [0.5, 0.6) is 0 Å². The van der Waals surface area contributed by atoms with Gasteiger partial charge in [-0.2, -0.15) is 13.2 Å². The Bertz CT molecular complexity index is 533. The molecule has 0 radical (unpaired) electrons. The summed E-state index contributed by atoms with van der Waals surface area (Å²) < 4.78 is 30.4. The van der Waals surface area contributed by atoms with Crippen LogP contribution < -0.4 is 0 Å². The summed E-state index contributed by atoms with van der Waals surface area (Å²) in [5.74, 6) is 0. The lowest BCUT2D eigenvalue weighted by Crippen LogP contribution is -2.27. The summed E-state index contributed by atoms with van der Waals surface area (Å²) in [6.45, 7) is 0. The molecule has 0 amide bonds. The predicted molar refractivity (Wildman–Crippen MR) is 83.3 cm³/mol.